The van der Waals surface area contributed by atoms with Gasteiger partial charge in [-0.15, -0.1) is 0 Å². The molecule has 0 amide bonds. The van der Waals surface area contributed by atoms with E-state index in [0.717, 1.165) is 22.7 Å². The minimum absolute atomic E-state index is 0.662. The van der Waals surface area contributed by atoms with Crippen LogP contribution < -0.4 is 9.80 Å². The molecule has 2 aliphatic carbocycles. The molecular formula is C90H72N2. The zero-order valence-corrected chi connectivity index (χ0v) is 52.0. The first-order valence-corrected chi connectivity index (χ1v) is 33.6. The Morgan fingerprint density at radius 2 is 0.478 bits per heavy atom. The van der Waals surface area contributed by atoms with Gasteiger partial charge < -0.3 is 9.80 Å². The zero-order chi connectivity index (χ0) is 60.9. The lowest BCUT2D eigenvalue weighted by atomic mass is 9.81. The van der Waals surface area contributed by atoms with Crippen molar-refractivity contribution >= 4 is 98.8 Å². The summed E-state index contributed by atoms with van der Waals surface area (Å²) in [5.74, 6) is 1.32. The Bertz CT molecular complexity index is 4860. The van der Waals surface area contributed by atoms with Crippen LogP contribution in [-0.4, -0.2) is 0 Å². The van der Waals surface area contributed by atoms with Crippen LogP contribution in [0.15, 0.2) is 303 Å². The second-order valence-corrected chi connectivity index (χ2v) is 26.0. The van der Waals surface area contributed by atoms with Gasteiger partial charge in [-0.3, -0.25) is 0 Å². The van der Waals surface area contributed by atoms with Crippen LogP contribution in [0.25, 0.3) is 109 Å². The highest BCUT2D eigenvalue weighted by atomic mass is 15.1. The van der Waals surface area contributed by atoms with Crippen molar-refractivity contribution in [2.24, 2.45) is 0 Å². The normalized spacial score (nSPS) is 14.0. The second-order valence-electron chi connectivity index (χ2n) is 26.0. The van der Waals surface area contributed by atoms with E-state index in [-0.39, 0.29) is 0 Å². The van der Waals surface area contributed by atoms with Crippen LogP contribution in [0, 0.1) is 0 Å². The molecule has 2 heteroatoms. The first-order valence-electron chi connectivity index (χ1n) is 33.6. The van der Waals surface area contributed by atoms with Crippen molar-refractivity contribution in [1.29, 1.82) is 0 Å². The van der Waals surface area contributed by atoms with Gasteiger partial charge in [0.2, 0.25) is 0 Å². The van der Waals surface area contributed by atoms with Crippen molar-refractivity contribution in [2.45, 2.75) is 76.0 Å². The summed E-state index contributed by atoms with van der Waals surface area (Å²) in [6.07, 6.45) is 13.2. The molecule has 0 unspecified atom stereocenters. The van der Waals surface area contributed by atoms with Crippen molar-refractivity contribution < 1.29 is 0 Å². The van der Waals surface area contributed by atoms with Crippen molar-refractivity contribution in [3.63, 3.8) is 0 Å². The topological polar surface area (TPSA) is 6.48 Å². The highest BCUT2D eigenvalue weighted by Gasteiger charge is 2.24. The Hall–Kier alpha value is -10.5. The molecule has 2 aliphatic rings. The molecule has 0 saturated heterocycles. The molecule has 2 fully saturated rings. The van der Waals surface area contributed by atoms with E-state index in [0.29, 0.717) is 11.8 Å². The van der Waals surface area contributed by atoms with Crippen molar-refractivity contribution in [1.82, 2.24) is 0 Å². The number of benzene rings is 15. The van der Waals surface area contributed by atoms with Crippen LogP contribution in [0.3, 0.4) is 0 Å². The van der Waals surface area contributed by atoms with E-state index in [4.69, 9.17) is 0 Å². The van der Waals surface area contributed by atoms with Gasteiger partial charge in [0.05, 0.1) is 0 Å². The van der Waals surface area contributed by atoms with Crippen molar-refractivity contribution in [3.8, 4) is 44.5 Å². The molecule has 0 heterocycles. The molecule has 0 spiro atoms. The fraction of sp³-hybridized carbons (Fsp3) is 0.133. The number of hydrogen-bond acceptors (Lipinski definition) is 2. The lowest BCUT2D eigenvalue weighted by Crippen LogP contribution is -2.10. The molecule has 15 aromatic rings. The van der Waals surface area contributed by atoms with Crippen molar-refractivity contribution in [3.05, 3.63) is 314 Å². The van der Waals surface area contributed by atoms with Crippen LogP contribution in [0.2, 0.25) is 0 Å². The van der Waals surface area contributed by atoms with Gasteiger partial charge in [0.1, 0.15) is 0 Å². The lowest BCUT2D eigenvalue weighted by Gasteiger charge is -2.27. The van der Waals surface area contributed by atoms with Gasteiger partial charge in [0.25, 0.3) is 0 Å². The molecule has 0 aliphatic heterocycles. The fourth-order valence-electron chi connectivity index (χ4n) is 15.9. The first-order chi connectivity index (χ1) is 45.6. The molecule has 15 aromatic carbocycles. The molecule has 0 bridgehead atoms. The third-order valence-corrected chi connectivity index (χ3v) is 20.6. The van der Waals surface area contributed by atoms with E-state index in [2.05, 4.69) is 313 Å². The second kappa shape index (κ2) is 24.0. The van der Waals surface area contributed by atoms with E-state index >= 15 is 0 Å². The summed E-state index contributed by atoms with van der Waals surface area (Å²) < 4.78 is 0. The average molecular weight is 1180 g/mol. The molecule has 0 aromatic heterocycles. The summed E-state index contributed by atoms with van der Waals surface area (Å²) >= 11 is 0. The van der Waals surface area contributed by atoms with Crippen LogP contribution >= 0.6 is 0 Å². The van der Waals surface area contributed by atoms with Crippen LogP contribution in [0.5, 0.6) is 0 Å². The highest BCUT2D eigenvalue weighted by molar-refractivity contribution is 6.36. The van der Waals surface area contributed by atoms with Gasteiger partial charge in [-0.25, -0.2) is 0 Å². The molecule has 0 N–H and O–H groups in total. The van der Waals surface area contributed by atoms with E-state index in [9.17, 15) is 0 Å². The summed E-state index contributed by atoms with van der Waals surface area (Å²) in [5.41, 5.74) is 19.5. The van der Waals surface area contributed by atoms with E-state index in [1.165, 1.54) is 196 Å². The summed E-state index contributed by atoms with van der Waals surface area (Å²) in [6.45, 7) is 0. The van der Waals surface area contributed by atoms with Crippen LogP contribution in [-0.2, 0) is 0 Å². The van der Waals surface area contributed by atoms with Crippen molar-refractivity contribution in [2.75, 3.05) is 9.80 Å². The fourth-order valence-corrected chi connectivity index (χ4v) is 15.9. The smallest absolute Gasteiger partial charge is 0.0468 e. The van der Waals surface area contributed by atoms with Gasteiger partial charge in [-0.05, 0) is 231 Å². The maximum atomic E-state index is 2.42. The SMILES string of the molecule is c1ccc2cc(N(c3ccc(-c4ccc(-c5c6ccccc6c(-c6ccc(-c7ccc(N(c8ccc(C9CCCCC9)cc8)c8ccc9ccccc9c8)cc7)cc6)c6c7ccccc7c7ccccc7c56)cc4)cc3)c3ccc(C4CCCCC4)cc3)ccc2c1. The molecule has 92 heavy (non-hydrogen) atoms. The quantitative estimate of drug-likeness (QED) is 0.0889. The lowest BCUT2D eigenvalue weighted by molar-refractivity contribution is 0.443. The largest absolute Gasteiger partial charge is 0.310 e. The summed E-state index contributed by atoms with van der Waals surface area (Å²) in [6, 6.07) is 114. The Labute approximate surface area is 540 Å². The van der Waals surface area contributed by atoms with Gasteiger partial charge in [0.15, 0.2) is 0 Å². The number of fused-ring (bicyclic) bond motifs is 9. The highest BCUT2D eigenvalue weighted by Crippen LogP contribution is 2.51. The van der Waals surface area contributed by atoms with E-state index in [1.54, 1.807) is 0 Å². The number of rotatable bonds is 12. The third-order valence-electron chi connectivity index (χ3n) is 20.6. The van der Waals surface area contributed by atoms with Gasteiger partial charge >= 0.3 is 0 Å². The molecule has 2 nitrogen and oxygen atoms in total. The Morgan fingerprint density at radius 1 is 0.207 bits per heavy atom. The van der Waals surface area contributed by atoms with Gasteiger partial charge in [-0.2, -0.15) is 0 Å². The van der Waals surface area contributed by atoms with Crippen LogP contribution in [0.4, 0.5) is 34.1 Å². The third kappa shape index (κ3) is 10.2. The first kappa shape index (κ1) is 55.5. The monoisotopic (exact) mass is 1180 g/mol. The minimum Gasteiger partial charge on any atom is -0.310 e. The molecule has 0 radical (unpaired) electrons. The van der Waals surface area contributed by atoms with Gasteiger partial charge in [0, 0.05) is 34.1 Å². The van der Waals surface area contributed by atoms with Crippen LogP contribution in [0.1, 0.15) is 87.2 Å². The maximum Gasteiger partial charge on any atom is 0.0468 e. The summed E-state index contributed by atoms with van der Waals surface area (Å²) in [5, 5.41) is 15.1. The summed E-state index contributed by atoms with van der Waals surface area (Å²) in [4.78, 5) is 4.84. The van der Waals surface area contributed by atoms with Gasteiger partial charge in [-0.1, -0.05) is 269 Å². The molecule has 17 rings (SSSR count). The zero-order valence-electron chi connectivity index (χ0n) is 52.0. The standard InChI is InChI=1S/C90H72N2/c1-3-17-61(18-4-1)67-39-49-75(50-40-67)91(79-57-47-63-21-7-9-23-73(63)59-79)77-53-43-69(44-54-77)65-31-35-71(36-32-65)87-85-29-15-16-30-86(85)88(90-84-28-14-12-26-82(84)81-25-11-13-27-83(81)89(87)90)72-37-33-66(34-38-72)70-45-55-78(56-46-70)92(80-58-48-64-22-8-10-24-74(64)60-80)76-51-41-68(42-52-76)62-19-5-2-6-20-62/h7-16,21-62H,1-6,17-20H2. The predicted molar refractivity (Wildman–Crippen MR) is 394 cm³/mol. The number of hydrogen-bond donors (Lipinski definition) is 0. The molecule has 442 valence electrons. The molecule has 2 saturated carbocycles. The number of anilines is 6. The Kier molecular flexibility index (Phi) is 14.5. The van der Waals surface area contributed by atoms with E-state index in [1.807, 2.05) is 0 Å². The number of nitrogens with zero attached hydrogens (tertiary/aromatic N) is 2. The molecular weight excluding hydrogens is 1110 g/mol. The Balaban J connectivity index is 0.726. The minimum atomic E-state index is 0.662. The molecule has 0 atom stereocenters. The van der Waals surface area contributed by atoms with E-state index < -0.39 is 0 Å². The maximum absolute atomic E-state index is 2.42. The summed E-state index contributed by atoms with van der Waals surface area (Å²) in [7, 11) is 0. The predicted octanol–water partition coefficient (Wildman–Crippen LogP) is 26.3. The Morgan fingerprint density at radius 3 is 0.837 bits per heavy atom. The average Bonchev–Trinajstić information content (AvgIpc) is 0.718.